The minimum Gasteiger partial charge on any atom is -0.378 e. The third-order valence-corrected chi connectivity index (χ3v) is 3.98. The maximum Gasteiger partial charge on any atom is 0.0622 e. The first-order valence-electron chi connectivity index (χ1n) is 7.39. The number of hydrogen-bond donors (Lipinski definition) is 1. The van der Waals surface area contributed by atoms with E-state index in [0.717, 1.165) is 56.2 Å². The van der Waals surface area contributed by atoms with Crippen molar-refractivity contribution >= 4 is 0 Å². The summed E-state index contributed by atoms with van der Waals surface area (Å²) in [5.74, 6) is 0. The largest absolute Gasteiger partial charge is 0.378 e. The monoisotopic (exact) mass is 287 g/mol. The van der Waals surface area contributed by atoms with Crippen LogP contribution in [0.3, 0.4) is 0 Å². The van der Waals surface area contributed by atoms with Crippen LogP contribution < -0.4 is 0 Å². The van der Waals surface area contributed by atoms with E-state index in [2.05, 4.69) is 25.1 Å². The van der Waals surface area contributed by atoms with Crippen molar-refractivity contribution in [1.29, 1.82) is 0 Å². The lowest BCUT2D eigenvalue weighted by Crippen LogP contribution is -2.45. The van der Waals surface area contributed by atoms with Gasteiger partial charge in [0.25, 0.3) is 0 Å². The molecule has 0 aliphatic carbocycles. The van der Waals surface area contributed by atoms with E-state index in [9.17, 15) is 0 Å². The van der Waals surface area contributed by atoms with Gasteiger partial charge in [0.1, 0.15) is 0 Å². The highest BCUT2D eigenvalue weighted by molar-refractivity contribution is 5.08. The van der Waals surface area contributed by atoms with Crippen LogP contribution in [0.5, 0.6) is 0 Å². The first-order valence-corrected chi connectivity index (χ1v) is 7.39. The molecule has 0 saturated carbocycles. The molecule has 0 radical (unpaired) electrons. The Bertz CT molecular complexity index is 557. The van der Waals surface area contributed by atoms with Gasteiger partial charge in [-0.3, -0.25) is 20.0 Å². The maximum absolute atomic E-state index is 5.65. The molecule has 1 fully saturated rings. The van der Waals surface area contributed by atoms with Gasteiger partial charge in [-0.15, -0.1) is 0 Å². The fourth-order valence-corrected chi connectivity index (χ4v) is 2.74. The zero-order chi connectivity index (χ0) is 14.5. The topological polar surface area (TPSA) is 66.9 Å². The predicted molar refractivity (Wildman–Crippen MR) is 78.7 cm³/mol. The Morgan fingerprint density at radius 2 is 2.24 bits per heavy atom. The third kappa shape index (κ3) is 3.65. The molecule has 6 heteroatoms. The summed E-state index contributed by atoms with van der Waals surface area (Å²) in [6.45, 7) is 5.46. The molecule has 6 nitrogen and oxygen atoms in total. The van der Waals surface area contributed by atoms with Crippen LogP contribution in [0.4, 0.5) is 0 Å². The summed E-state index contributed by atoms with van der Waals surface area (Å²) in [7, 11) is 0. The Hall–Kier alpha value is -1.79. The van der Waals surface area contributed by atoms with Crippen LogP contribution in [0, 0.1) is 6.92 Å². The number of aromatic nitrogens is 4. The SMILES string of the molecule is Cc1nccnc1CC[C@@H]1COCCN1Cc1ccn[nH]1. The number of nitrogens with zero attached hydrogens (tertiary/aromatic N) is 4. The molecule has 3 rings (SSSR count). The van der Waals surface area contributed by atoms with Crippen molar-refractivity contribution in [3.8, 4) is 0 Å². The number of morpholine rings is 1. The van der Waals surface area contributed by atoms with Gasteiger partial charge in [-0.05, 0) is 25.8 Å². The Balaban J connectivity index is 1.60. The smallest absolute Gasteiger partial charge is 0.0622 e. The Morgan fingerprint density at radius 1 is 1.33 bits per heavy atom. The molecule has 1 atom stereocenters. The zero-order valence-electron chi connectivity index (χ0n) is 12.3. The fraction of sp³-hybridized carbons (Fsp3) is 0.533. The molecule has 21 heavy (non-hydrogen) atoms. The minimum atomic E-state index is 0.420. The van der Waals surface area contributed by atoms with E-state index in [1.54, 1.807) is 18.6 Å². The number of ether oxygens (including phenoxy) is 1. The van der Waals surface area contributed by atoms with Crippen molar-refractivity contribution in [2.75, 3.05) is 19.8 Å². The summed E-state index contributed by atoms with van der Waals surface area (Å²) in [6, 6.07) is 2.45. The Morgan fingerprint density at radius 3 is 3.05 bits per heavy atom. The van der Waals surface area contributed by atoms with Gasteiger partial charge in [0.15, 0.2) is 0 Å². The maximum atomic E-state index is 5.65. The quantitative estimate of drug-likeness (QED) is 0.899. The molecule has 0 spiro atoms. The fourth-order valence-electron chi connectivity index (χ4n) is 2.74. The van der Waals surface area contributed by atoms with Gasteiger partial charge in [-0.2, -0.15) is 5.10 Å². The number of nitrogens with one attached hydrogen (secondary N) is 1. The third-order valence-electron chi connectivity index (χ3n) is 3.98. The van der Waals surface area contributed by atoms with Gasteiger partial charge >= 0.3 is 0 Å². The lowest BCUT2D eigenvalue weighted by atomic mass is 10.1. The highest BCUT2D eigenvalue weighted by Gasteiger charge is 2.23. The molecule has 0 bridgehead atoms. The van der Waals surface area contributed by atoms with Crippen LogP contribution in [0.2, 0.25) is 0 Å². The first-order chi connectivity index (χ1) is 10.3. The molecule has 2 aromatic rings. The second kappa shape index (κ2) is 6.78. The Labute approximate surface area is 124 Å². The molecule has 1 N–H and O–H groups in total. The van der Waals surface area contributed by atoms with E-state index in [1.807, 2.05) is 13.0 Å². The second-order valence-electron chi connectivity index (χ2n) is 5.41. The molecule has 1 saturated heterocycles. The molecule has 0 unspecified atom stereocenters. The number of rotatable bonds is 5. The van der Waals surface area contributed by atoms with E-state index in [-0.39, 0.29) is 0 Å². The zero-order valence-corrected chi connectivity index (χ0v) is 12.3. The van der Waals surface area contributed by atoms with Crippen LogP contribution >= 0.6 is 0 Å². The van der Waals surface area contributed by atoms with E-state index in [0.29, 0.717) is 6.04 Å². The summed E-state index contributed by atoms with van der Waals surface area (Å²) in [5, 5.41) is 7.05. The van der Waals surface area contributed by atoms with Gasteiger partial charge < -0.3 is 4.74 Å². The average Bonchev–Trinajstić information content (AvgIpc) is 3.01. The molecule has 2 aromatic heterocycles. The highest BCUT2D eigenvalue weighted by atomic mass is 16.5. The number of H-pyrrole nitrogens is 1. The normalized spacial score (nSPS) is 19.8. The van der Waals surface area contributed by atoms with Crippen molar-refractivity contribution in [2.45, 2.75) is 32.4 Å². The second-order valence-corrected chi connectivity index (χ2v) is 5.41. The van der Waals surface area contributed by atoms with E-state index >= 15 is 0 Å². The minimum absolute atomic E-state index is 0.420. The van der Waals surface area contributed by atoms with E-state index in [1.165, 1.54) is 0 Å². The van der Waals surface area contributed by atoms with Crippen molar-refractivity contribution in [1.82, 2.24) is 25.1 Å². The average molecular weight is 287 g/mol. The van der Waals surface area contributed by atoms with Crippen LogP contribution in [-0.2, 0) is 17.7 Å². The summed E-state index contributed by atoms with van der Waals surface area (Å²) in [5.41, 5.74) is 3.26. The van der Waals surface area contributed by atoms with Crippen molar-refractivity contribution in [3.05, 3.63) is 41.7 Å². The van der Waals surface area contributed by atoms with Gasteiger partial charge in [0.05, 0.1) is 24.6 Å². The van der Waals surface area contributed by atoms with E-state index in [4.69, 9.17) is 4.74 Å². The summed E-state index contributed by atoms with van der Waals surface area (Å²) < 4.78 is 5.65. The molecule has 1 aliphatic heterocycles. The Kier molecular flexibility index (Phi) is 4.57. The van der Waals surface area contributed by atoms with Gasteiger partial charge in [0.2, 0.25) is 0 Å². The first kappa shape index (κ1) is 14.2. The van der Waals surface area contributed by atoms with Crippen LogP contribution in [0.1, 0.15) is 23.5 Å². The molecule has 112 valence electrons. The lowest BCUT2D eigenvalue weighted by molar-refractivity contribution is -0.0149. The predicted octanol–water partition coefficient (Wildman–Crippen LogP) is 1.34. The van der Waals surface area contributed by atoms with E-state index < -0.39 is 0 Å². The van der Waals surface area contributed by atoms with Crippen molar-refractivity contribution in [2.24, 2.45) is 0 Å². The highest BCUT2D eigenvalue weighted by Crippen LogP contribution is 2.16. The van der Waals surface area contributed by atoms with Crippen LogP contribution in [-0.4, -0.2) is 50.9 Å². The molecule has 0 amide bonds. The molecule has 1 aliphatic rings. The van der Waals surface area contributed by atoms with Gasteiger partial charge in [-0.25, -0.2) is 0 Å². The number of aromatic amines is 1. The standard InChI is InChI=1S/C15H21N5O/c1-12-15(17-7-6-16-12)3-2-14-11-21-9-8-20(14)10-13-4-5-18-19-13/h4-7,14H,2-3,8-11H2,1H3,(H,18,19)/t14-/m1/s1. The molecular formula is C15H21N5O. The van der Waals surface area contributed by atoms with Crippen LogP contribution in [0.25, 0.3) is 0 Å². The molecule has 3 heterocycles. The number of aryl methyl sites for hydroxylation is 2. The van der Waals surface area contributed by atoms with Crippen molar-refractivity contribution in [3.63, 3.8) is 0 Å². The summed E-state index contributed by atoms with van der Waals surface area (Å²) in [4.78, 5) is 11.2. The lowest BCUT2D eigenvalue weighted by Gasteiger charge is -2.35. The van der Waals surface area contributed by atoms with Crippen LogP contribution in [0.15, 0.2) is 24.7 Å². The van der Waals surface area contributed by atoms with Gasteiger partial charge in [0, 0.05) is 43.4 Å². The summed E-state index contributed by atoms with van der Waals surface area (Å²) >= 11 is 0. The molecule has 0 aromatic carbocycles. The van der Waals surface area contributed by atoms with Gasteiger partial charge in [-0.1, -0.05) is 0 Å². The molecular weight excluding hydrogens is 266 g/mol. The van der Waals surface area contributed by atoms with Crippen molar-refractivity contribution < 1.29 is 4.74 Å². The summed E-state index contributed by atoms with van der Waals surface area (Å²) in [6.07, 6.45) is 7.28. The number of hydrogen-bond acceptors (Lipinski definition) is 5.